The van der Waals surface area contributed by atoms with Crippen molar-refractivity contribution in [2.24, 2.45) is 0 Å². The Morgan fingerprint density at radius 3 is 2.86 bits per heavy atom. The van der Waals surface area contributed by atoms with Crippen molar-refractivity contribution in [1.29, 1.82) is 0 Å². The van der Waals surface area contributed by atoms with E-state index in [1.807, 2.05) is 6.92 Å². The summed E-state index contributed by atoms with van der Waals surface area (Å²) in [5.41, 5.74) is 0. The predicted octanol–water partition coefficient (Wildman–Crippen LogP) is -0.411. The molecule has 3 unspecified atom stereocenters. The first-order chi connectivity index (χ1) is 6.63. The van der Waals surface area contributed by atoms with E-state index in [-0.39, 0.29) is 18.8 Å². The van der Waals surface area contributed by atoms with Crippen LogP contribution in [0.5, 0.6) is 0 Å². The Morgan fingerprint density at radius 1 is 1.64 bits per heavy atom. The van der Waals surface area contributed by atoms with Gasteiger partial charge in [0.15, 0.2) is 6.10 Å². The monoisotopic (exact) mass is 203 g/mol. The van der Waals surface area contributed by atoms with Crippen LogP contribution in [-0.2, 0) is 9.53 Å². The summed E-state index contributed by atoms with van der Waals surface area (Å²) in [4.78, 5) is 10.6. The first-order valence-electron chi connectivity index (χ1n) is 4.86. The second-order valence-corrected chi connectivity index (χ2v) is 3.65. The highest BCUT2D eigenvalue weighted by atomic mass is 16.5. The maximum absolute atomic E-state index is 10.6. The Balaban J connectivity index is 2.19. The van der Waals surface area contributed by atoms with Crippen LogP contribution < -0.4 is 5.32 Å². The predicted molar refractivity (Wildman–Crippen MR) is 50.1 cm³/mol. The van der Waals surface area contributed by atoms with Gasteiger partial charge in [-0.1, -0.05) is 0 Å². The summed E-state index contributed by atoms with van der Waals surface area (Å²) in [6.07, 6.45) is 0.661. The molecule has 0 aliphatic carbocycles. The third-order valence-corrected chi connectivity index (χ3v) is 2.35. The highest BCUT2D eigenvalue weighted by Crippen LogP contribution is 2.19. The maximum Gasteiger partial charge on any atom is 0.332 e. The van der Waals surface area contributed by atoms with Crippen molar-refractivity contribution >= 4 is 5.97 Å². The topological polar surface area (TPSA) is 78.8 Å². The van der Waals surface area contributed by atoms with Gasteiger partial charge in [-0.15, -0.1) is 0 Å². The molecule has 0 saturated carbocycles. The lowest BCUT2D eigenvalue weighted by molar-refractivity contribution is -0.149. The number of aliphatic carboxylic acids is 1. The lowest BCUT2D eigenvalue weighted by atomic mass is 10.2. The van der Waals surface area contributed by atoms with E-state index in [0.717, 1.165) is 6.42 Å². The summed E-state index contributed by atoms with van der Waals surface area (Å²) in [7, 11) is 0. The lowest BCUT2D eigenvalue weighted by Crippen LogP contribution is -2.36. The van der Waals surface area contributed by atoms with Gasteiger partial charge in [0.05, 0.1) is 12.7 Å². The van der Waals surface area contributed by atoms with E-state index in [4.69, 9.17) is 14.9 Å². The number of aliphatic hydroxyl groups is 1. The lowest BCUT2D eigenvalue weighted by Gasteiger charge is -2.15. The fourth-order valence-electron chi connectivity index (χ4n) is 1.43. The van der Waals surface area contributed by atoms with Crippen LogP contribution in [0.25, 0.3) is 0 Å². The van der Waals surface area contributed by atoms with Gasteiger partial charge in [0.1, 0.15) is 0 Å². The van der Waals surface area contributed by atoms with Crippen molar-refractivity contribution in [3.8, 4) is 0 Å². The molecule has 1 fully saturated rings. The molecule has 5 nitrogen and oxygen atoms in total. The highest BCUT2D eigenvalue weighted by Gasteiger charge is 2.30. The van der Waals surface area contributed by atoms with Gasteiger partial charge in [0.25, 0.3) is 0 Å². The largest absolute Gasteiger partial charge is 0.479 e. The molecule has 14 heavy (non-hydrogen) atoms. The Hall–Kier alpha value is -0.650. The van der Waals surface area contributed by atoms with Gasteiger partial charge in [0.2, 0.25) is 0 Å². The van der Waals surface area contributed by atoms with Crippen LogP contribution in [0.1, 0.15) is 19.8 Å². The molecular formula is C9H17NO4. The number of nitrogens with one attached hydrogen (secondary N) is 1. The number of hydrogen-bond donors (Lipinski definition) is 3. The van der Waals surface area contributed by atoms with Crippen molar-refractivity contribution in [3.05, 3.63) is 0 Å². The average molecular weight is 203 g/mol. The van der Waals surface area contributed by atoms with Crippen molar-refractivity contribution in [1.82, 2.24) is 5.32 Å². The second kappa shape index (κ2) is 5.29. The Kier molecular flexibility index (Phi) is 4.31. The van der Waals surface area contributed by atoms with Crippen LogP contribution in [0.15, 0.2) is 0 Å². The molecular weight excluding hydrogens is 186 g/mol. The zero-order valence-electron chi connectivity index (χ0n) is 8.27. The fourth-order valence-corrected chi connectivity index (χ4v) is 1.43. The van der Waals surface area contributed by atoms with E-state index < -0.39 is 12.1 Å². The molecule has 0 spiro atoms. The van der Waals surface area contributed by atoms with Crippen LogP contribution in [0.2, 0.25) is 0 Å². The van der Waals surface area contributed by atoms with Crippen LogP contribution >= 0.6 is 0 Å². The molecule has 1 rings (SSSR count). The van der Waals surface area contributed by atoms with E-state index >= 15 is 0 Å². The Bertz CT molecular complexity index is 197. The molecule has 1 saturated heterocycles. The summed E-state index contributed by atoms with van der Waals surface area (Å²) < 4.78 is 5.27. The summed E-state index contributed by atoms with van der Waals surface area (Å²) >= 11 is 0. The minimum atomic E-state index is -0.886. The molecule has 0 aromatic heterocycles. The quantitative estimate of drug-likeness (QED) is 0.566. The number of hydrogen-bond acceptors (Lipinski definition) is 4. The SMILES string of the molecule is CC(CO)NCC1CCC(C(=O)O)O1. The van der Waals surface area contributed by atoms with Gasteiger partial charge in [-0.2, -0.15) is 0 Å². The average Bonchev–Trinajstić information content (AvgIpc) is 2.62. The number of rotatable bonds is 5. The number of aliphatic hydroxyl groups excluding tert-OH is 1. The van der Waals surface area contributed by atoms with Gasteiger partial charge in [0, 0.05) is 12.6 Å². The first-order valence-corrected chi connectivity index (χ1v) is 4.86. The Labute approximate surface area is 83.1 Å². The normalized spacial score (nSPS) is 29.0. The van der Waals surface area contributed by atoms with E-state index in [0.29, 0.717) is 13.0 Å². The van der Waals surface area contributed by atoms with Crippen LogP contribution in [0, 0.1) is 0 Å². The molecule has 3 atom stereocenters. The van der Waals surface area contributed by atoms with Gasteiger partial charge in [-0.25, -0.2) is 4.79 Å². The van der Waals surface area contributed by atoms with E-state index in [9.17, 15) is 4.79 Å². The number of carboxylic acid groups (broad SMARTS) is 1. The maximum atomic E-state index is 10.6. The van der Waals surface area contributed by atoms with Crippen molar-refractivity contribution in [2.45, 2.75) is 38.0 Å². The molecule has 82 valence electrons. The van der Waals surface area contributed by atoms with Crippen LogP contribution in [0.4, 0.5) is 0 Å². The molecule has 1 aliphatic rings. The molecule has 5 heteroatoms. The third-order valence-electron chi connectivity index (χ3n) is 2.35. The summed E-state index contributed by atoms with van der Waals surface area (Å²) in [6.45, 7) is 2.55. The smallest absolute Gasteiger partial charge is 0.332 e. The van der Waals surface area contributed by atoms with E-state index in [1.165, 1.54) is 0 Å². The molecule has 0 aromatic rings. The van der Waals surface area contributed by atoms with Gasteiger partial charge in [-0.05, 0) is 19.8 Å². The zero-order chi connectivity index (χ0) is 10.6. The van der Waals surface area contributed by atoms with Gasteiger partial charge >= 0.3 is 5.97 Å². The fraction of sp³-hybridized carbons (Fsp3) is 0.889. The molecule has 1 aliphatic heterocycles. The van der Waals surface area contributed by atoms with Gasteiger partial charge < -0.3 is 20.3 Å². The molecule has 0 bridgehead atoms. The first kappa shape index (κ1) is 11.4. The van der Waals surface area contributed by atoms with Crippen molar-refractivity contribution in [3.63, 3.8) is 0 Å². The molecule has 3 N–H and O–H groups in total. The molecule has 0 aromatic carbocycles. The van der Waals surface area contributed by atoms with Gasteiger partial charge in [-0.3, -0.25) is 0 Å². The highest BCUT2D eigenvalue weighted by molar-refractivity contribution is 5.72. The molecule has 0 radical (unpaired) electrons. The number of carboxylic acids is 1. The minimum absolute atomic E-state index is 0.0301. The van der Waals surface area contributed by atoms with Crippen LogP contribution in [0.3, 0.4) is 0 Å². The molecule has 1 heterocycles. The van der Waals surface area contributed by atoms with E-state index in [1.54, 1.807) is 0 Å². The molecule has 0 amide bonds. The third kappa shape index (κ3) is 3.25. The Morgan fingerprint density at radius 2 is 2.36 bits per heavy atom. The minimum Gasteiger partial charge on any atom is -0.479 e. The summed E-state index contributed by atoms with van der Waals surface area (Å²) in [5.74, 6) is -0.886. The second-order valence-electron chi connectivity index (χ2n) is 3.65. The number of carbonyl (C=O) groups is 1. The van der Waals surface area contributed by atoms with Crippen molar-refractivity contribution in [2.75, 3.05) is 13.2 Å². The van der Waals surface area contributed by atoms with Crippen LogP contribution in [-0.4, -0.2) is 47.6 Å². The number of ether oxygens (including phenoxy) is 1. The summed E-state index contributed by atoms with van der Waals surface area (Å²) in [5, 5.41) is 20.5. The van der Waals surface area contributed by atoms with Crippen molar-refractivity contribution < 1.29 is 19.7 Å². The summed E-state index contributed by atoms with van der Waals surface area (Å²) in [6, 6.07) is 0.0301. The standard InChI is InChI=1S/C9H17NO4/c1-6(5-11)10-4-7-2-3-8(14-7)9(12)13/h6-8,10-11H,2-5H2,1H3,(H,12,13). The van der Waals surface area contributed by atoms with E-state index in [2.05, 4.69) is 5.32 Å². The zero-order valence-corrected chi connectivity index (χ0v) is 8.27.